The molecule has 12 nitrogen and oxygen atoms in total. The van der Waals surface area contributed by atoms with Gasteiger partial charge >= 0.3 is 17.9 Å². The fourth-order valence-corrected chi connectivity index (χ4v) is 5.04. The lowest BCUT2D eigenvalue weighted by Gasteiger charge is -2.42. The van der Waals surface area contributed by atoms with Crippen LogP contribution in [0.5, 0.6) is 0 Å². The Morgan fingerprint density at radius 2 is 1.83 bits per heavy atom. The second-order valence-corrected chi connectivity index (χ2v) is 10.5. The van der Waals surface area contributed by atoms with Gasteiger partial charge in [0.05, 0.1) is 28.5 Å². The number of carboxylic acid groups (broad SMARTS) is 2. The third-order valence-electron chi connectivity index (χ3n) is 7.14. The Balaban J connectivity index is 2.33. The van der Waals surface area contributed by atoms with Gasteiger partial charge in [-0.1, -0.05) is 13.8 Å². The van der Waals surface area contributed by atoms with Crippen LogP contribution >= 0.6 is 0 Å². The average Bonchev–Trinajstić information content (AvgIpc) is 3.38. The van der Waals surface area contributed by atoms with Gasteiger partial charge in [-0.15, -0.1) is 0 Å². The van der Waals surface area contributed by atoms with Gasteiger partial charge in [0.15, 0.2) is 5.82 Å². The van der Waals surface area contributed by atoms with Crippen LogP contribution in [0.2, 0.25) is 0 Å². The van der Waals surface area contributed by atoms with Crippen molar-refractivity contribution in [1.29, 1.82) is 5.26 Å². The summed E-state index contributed by atoms with van der Waals surface area (Å²) in [5, 5.41) is 35.2. The molecule has 1 aliphatic heterocycles. The number of rotatable bonds is 8. The third-order valence-corrected chi connectivity index (χ3v) is 7.14. The SMILES string of the molecule is CC(C)C(=O)OC[C@@H]1O[C@@](C#N)(c2ccc3c(N)ncnn23)[C@@H](C(C)(C)C(=O)O)[C@@H]1C(C)(C)C(=O)O. The van der Waals surface area contributed by atoms with E-state index in [1.54, 1.807) is 19.9 Å². The Labute approximate surface area is 208 Å². The molecule has 0 aromatic carbocycles. The number of nitrogen functional groups attached to an aromatic ring is 1. The van der Waals surface area contributed by atoms with Gasteiger partial charge in [0.25, 0.3) is 0 Å². The van der Waals surface area contributed by atoms with Crippen molar-refractivity contribution < 1.29 is 34.1 Å². The number of nitrogens with zero attached hydrogens (tertiary/aromatic N) is 4. The summed E-state index contributed by atoms with van der Waals surface area (Å²) in [6, 6.07) is 5.24. The number of ether oxygens (including phenoxy) is 2. The third kappa shape index (κ3) is 4.03. The number of hydrogen-bond donors (Lipinski definition) is 3. The molecule has 3 rings (SSSR count). The van der Waals surface area contributed by atoms with E-state index in [4.69, 9.17) is 15.2 Å². The van der Waals surface area contributed by atoms with Gasteiger partial charge < -0.3 is 25.4 Å². The lowest BCUT2D eigenvalue weighted by Crippen LogP contribution is -2.52. The number of hydrogen-bond acceptors (Lipinski definition) is 9. The number of aromatic nitrogens is 3. The van der Waals surface area contributed by atoms with Crippen molar-refractivity contribution in [3.05, 3.63) is 24.2 Å². The number of nitrogens with two attached hydrogens (primary N) is 1. The normalized spacial score (nSPS) is 24.6. The zero-order valence-corrected chi connectivity index (χ0v) is 21.1. The smallest absolute Gasteiger partial charge is 0.309 e. The number of esters is 1. The summed E-state index contributed by atoms with van der Waals surface area (Å²) in [6.07, 6.45) is 0.0656. The largest absolute Gasteiger partial charge is 0.481 e. The van der Waals surface area contributed by atoms with Crippen molar-refractivity contribution >= 4 is 29.2 Å². The molecule has 2 aromatic heterocycles. The number of fused-ring (bicyclic) bond motifs is 1. The van der Waals surface area contributed by atoms with E-state index in [0.717, 1.165) is 0 Å². The highest BCUT2D eigenvalue weighted by Crippen LogP contribution is 2.59. The summed E-state index contributed by atoms with van der Waals surface area (Å²) in [5.74, 6) is -5.62. The molecular formula is C24H31N5O7. The van der Waals surface area contributed by atoms with Crippen molar-refractivity contribution in [3.63, 3.8) is 0 Å². The first-order valence-electron chi connectivity index (χ1n) is 11.4. The predicted molar refractivity (Wildman–Crippen MR) is 125 cm³/mol. The Hall–Kier alpha value is -3.72. The van der Waals surface area contributed by atoms with E-state index in [-0.39, 0.29) is 18.1 Å². The van der Waals surface area contributed by atoms with E-state index in [0.29, 0.717) is 5.52 Å². The van der Waals surface area contributed by atoms with Crippen LogP contribution < -0.4 is 5.73 Å². The monoisotopic (exact) mass is 501 g/mol. The van der Waals surface area contributed by atoms with E-state index >= 15 is 0 Å². The molecule has 0 bridgehead atoms. The van der Waals surface area contributed by atoms with Gasteiger partial charge in [-0.2, -0.15) is 10.4 Å². The number of carbonyl (C=O) groups is 3. The Kier molecular flexibility index (Phi) is 6.76. The molecule has 1 saturated heterocycles. The number of carbonyl (C=O) groups excluding carboxylic acids is 1. The predicted octanol–water partition coefficient (Wildman–Crippen LogP) is 2.08. The van der Waals surface area contributed by atoms with Gasteiger partial charge in [0, 0.05) is 11.8 Å². The minimum atomic E-state index is -1.98. The summed E-state index contributed by atoms with van der Waals surface area (Å²) in [7, 11) is 0. The van der Waals surface area contributed by atoms with Gasteiger partial charge in [0.1, 0.15) is 24.5 Å². The summed E-state index contributed by atoms with van der Waals surface area (Å²) in [5.41, 5.74) is 1.27. The first-order chi connectivity index (χ1) is 16.6. The first-order valence-corrected chi connectivity index (χ1v) is 11.4. The maximum atomic E-state index is 12.6. The van der Waals surface area contributed by atoms with Crippen molar-refractivity contribution in [3.8, 4) is 6.07 Å². The van der Waals surface area contributed by atoms with E-state index < -0.39 is 58.2 Å². The summed E-state index contributed by atoms with van der Waals surface area (Å²) >= 11 is 0. The zero-order valence-electron chi connectivity index (χ0n) is 21.1. The topological polar surface area (TPSA) is 190 Å². The zero-order chi connectivity index (χ0) is 27.2. The fraction of sp³-hybridized carbons (Fsp3) is 0.583. The second kappa shape index (κ2) is 9.05. The molecular weight excluding hydrogens is 470 g/mol. The highest BCUT2D eigenvalue weighted by atomic mass is 16.6. The van der Waals surface area contributed by atoms with Crippen molar-refractivity contribution in [1.82, 2.24) is 14.6 Å². The highest BCUT2D eigenvalue weighted by molar-refractivity contribution is 5.77. The molecule has 4 atom stereocenters. The molecule has 0 unspecified atom stereocenters. The molecule has 0 aliphatic carbocycles. The maximum Gasteiger partial charge on any atom is 0.309 e. The molecule has 194 valence electrons. The quantitative estimate of drug-likeness (QED) is 0.449. The number of aliphatic carboxylic acids is 2. The number of carboxylic acids is 2. The molecule has 3 heterocycles. The minimum absolute atomic E-state index is 0.126. The van der Waals surface area contributed by atoms with E-state index in [2.05, 4.69) is 16.2 Å². The van der Waals surface area contributed by atoms with E-state index in [9.17, 15) is 29.9 Å². The van der Waals surface area contributed by atoms with Crippen LogP contribution in [-0.2, 0) is 29.5 Å². The fourth-order valence-electron chi connectivity index (χ4n) is 5.04. The van der Waals surface area contributed by atoms with Crippen molar-refractivity contribution in [2.75, 3.05) is 12.3 Å². The Morgan fingerprint density at radius 1 is 1.22 bits per heavy atom. The van der Waals surface area contributed by atoms with Crippen LogP contribution in [0.1, 0.15) is 47.2 Å². The summed E-state index contributed by atoms with van der Waals surface area (Å²) < 4.78 is 13.1. The highest BCUT2D eigenvalue weighted by Gasteiger charge is 2.68. The van der Waals surface area contributed by atoms with Gasteiger partial charge in [-0.3, -0.25) is 14.4 Å². The maximum absolute atomic E-state index is 12.6. The standard InChI is InChI=1S/C24H31N5O7/c1-12(2)19(30)35-9-14-16(22(3,4)20(31)32)17(23(5,6)21(33)34)24(10-25,36-14)15-8-7-13-18(26)27-11-28-29(13)15/h7-8,11-12,14,16-17H,9H2,1-6H3,(H,31,32)(H,33,34)(H2,26,27,28)/t14-,16+,17+,24-/m0/s1. The Bertz CT molecular complexity index is 1250. The lowest BCUT2D eigenvalue weighted by molar-refractivity contribution is -0.161. The molecule has 0 saturated carbocycles. The molecule has 0 radical (unpaired) electrons. The first kappa shape index (κ1) is 26.9. The van der Waals surface area contributed by atoms with Crippen LogP contribution in [0.15, 0.2) is 18.5 Å². The molecule has 0 amide bonds. The van der Waals surface area contributed by atoms with Crippen molar-refractivity contribution in [2.24, 2.45) is 28.6 Å². The molecule has 0 spiro atoms. The van der Waals surface area contributed by atoms with Gasteiger partial charge in [-0.25, -0.2) is 9.50 Å². The van der Waals surface area contributed by atoms with Crippen LogP contribution in [-0.4, -0.2) is 55.4 Å². The Morgan fingerprint density at radius 3 is 2.36 bits per heavy atom. The van der Waals surface area contributed by atoms with Crippen molar-refractivity contribution in [2.45, 2.75) is 53.2 Å². The lowest BCUT2D eigenvalue weighted by atomic mass is 9.57. The van der Waals surface area contributed by atoms with Crippen LogP contribution in [0.4, 0.5) is 5.82 Å². The minimum Gasteiger partial charge on any atom is -0.481 e. The molecule has 12 heteroatoms. The molecule has 4 N–H and O–H groups in total. The van der Waals surface area contributed by atoms with Gasteiger partial charge in [0.2, 0.25) is 5.60 Å². The average molecular weight is 502 g/mol. The van der Waals surface area contributed by atoms with Crippen LogP contribution in [0.25, 0.3) is 5.52 Å². The van der Waals surface area contributed by atoms with E-state index in [1.165, 1.54) is 44.6 Å². The number of nitriles is 1. The van der Waals surface area contributed by atoms with E-state index in [1.807, 2.05) is 0 Å². The molecule has 1 aliphatic rings. The second-order valence-electron chi connectivity index (χ2n) is 10.5. The van der Waals surface area contributed by atoms with Crippen LogP contribution in [0, 0.1) is 39.9 Å². The summed E-state index contributed by atoms with van der Waals surface area (Å²) in [6.45, 7) is 8.63. The van der Waals surface area contributed by atoms with Crippen LogP contribution in [0.3, 0.4) is 0 Å². The van der Waals surface area contributed by atoms with Gasteiger partial charge in [-0.05, 0) is 39.8 Å². The summed E-state index contributed by atoms with van der Waals surface area (Å²) in [4.78, 5) is 41.2. The molecule has 36 heavy (non-hydrogen) atoms. The molecule has 2 aromatic rings. The number of anilines is 1. The molecule has 1 fully saturated rings.